The van der Waals surface area contributed by atoms with Crippen LogP contribution < -0.4 is 0 Å². The van der Waals surface area contributed by atoms with Gasteiger partial charge < -0.3 is 15.0 Å². The molecular weight excluding hydrogens is 332 g/mol. The number of rotatable bonds is 4. The summed E-state index contributed by atoms with van der Waals surface area (Å²) >= 11 is 3.24. The fourth-order valence-corrected chi connectivity index (χ4v) is 1.34. The number of aliphatic hydroxyl groups is 1. The zero-order chi connectivity index (χ0) is 16.7. The highest BCUT2D eigenvalue weighted by molar-refractivity contribution is 9.10. The number of carbonyl (C=O) groups is 1. The Labute approximate surface area is 135 Å². The van der Waals surface area contributed by atoms with E-state index in [0.717, 1.165) is 16.3 Å². The molecule has 0 radical (unpaired) electrons. The van der Waals surface area contributed by atoms with Crippen molar-refractivity contribution in [2.45, 2.75) is 27.2 Å². The minimum atomic E-state index is 0.0898. The number of phenols is 1. The first kappa shape index (κ1) is 21.5. The van der Waals surface area contributed by atoms with E-state index in [0.29, 0.717) is 5.75 Å². The predicted molar refractivity (Wildman–Crippen MR) is 92.6 cm³/mol. The lowest BCUT2D eigenvalue weighted by atomic mass is 10.2. The summed E-state index contributed by atoms with van der Waals surface area (Å²) < 4.78 is 0.908. The highest BCUT2D eigenvalue weighted by atomic mass is 79.9. The van der Waals surface area contributed by atoms with Gasteiger partial charge >= 0.3 is 0 Å². The molecule has 3 nitrogen and oxygen atoms in total. The van der Waals surface area contributed by atoms with Crippen molar-refractivity contribution in [3.8, 4) is 5.75 Å². The molecule has 0 atom stereocenters. The third kappa shape index (κ3) is 12.9. The molecule has 0 bridgehead atoms. The number of aldehydes is 1. The van der Waals surface area contributed by atoms with E-state index in [1.807, 2.05) is 32.9 Å². The summed E-state index contributed by atoms with van der Waals surface area (Å²) in [5, 5.41) is 17.9. The average molecular weight is 355 g/mol. The number of aryl methyl sites for hydroxylation is 1. The van der Waals surface area contributed by atoms with Crippen molar-refractivity contribution in [3.05, 3.63) is 64.9 Å². The zero-order valence-corrected chi connectivity index (χ0v) is 14.3. The van der Waals surface area contributed by atoms with Crippen molar-refractivity contribution in [1.82, 2.24) is 0 Å². The van der Waals surface area contributed by atoms with Gasteiger partial charge in [-0.3, -0.25) is 0 Å². The molecule has 1 rings (SSSR count). The third-order valence-electron chi connectivity index (χ3n) is 2.00. The predicted octanol–water partition coefficient (Wildman–Crippen LogP) is 5.25. The van der Waals surface area contributed by atoms with E-state index in [-0.39, 0.29) is 12.2 Å². The molecule has 0 aromatic heterocycles. The molecule has 0 aliphatic carbocycles. The van der Waals surface area contributed by atoms with Crippen molar-refractivity contribution < 1.29 is 15.0 Å². The van der Waals surface area contributed by atoms with Crippen LogP contribution in [0.25, 0.3) is 0 Å². The van der Waals surface area contributed by atoms with Gasteiger partial charge in [-0.2, -0.15) is 0 Å². The quantitative estimate of drug-likeness (QED) is 0.441. The van der Waals surface area contributed by atoms with Crippen LogP contribution in [0.5, 0.6) is 5.75 Å². The van der Waals surface area contributed by atoms with Gasteiger partial charge in [0.05, 0.1) is 0 Å². The zero-order valence-electron chi connectivity index (χ0n) is 12.7. The lowest BCUT2D eigenvalue weighted by Crippen LogP contribution is -1.74. The second-order valence-corrected chi connectivity index (χ2v) is 4.47. The van der Waals surface area contributed by atoms with Gasteiger partial charge in [0.1, 0.15) is 17.8 Å². The second kappa shape index (κ2) is 14.6. The van der Waals surface area contributed by atoms with E-state index in [1.165, 1.54) is 12.2 Å². The van der Waals surface area contributed by atoms with Crippen molar-refractivity contribution in [3.63, 3.8) is 0 Å². The summed E-state index contributed by atoms with van der Waals surface area (Å²) in [7, 11) is 0. The number of hydrogen-bond donors (Lipinski definition) is 2. The van der Waals surface area contributed by atoms with Gasteiger partial charge in [0.25, 0.3) is 0 Å². The van der Waals surface area contributed by atoms with Gasteiger partial charge in [-0.05, 0) is 36.8 Å². The molecule has 0 aliphatic heterocycles. The molecule has 4 heteroatoms. The van der Waals surface area contributed by atoms with Gasteiger partial charge in [0.2, 0.25) is 0 Å². The summed E-state index contributed by atoms with van der Waals surface area (Å²) in [6.07, 6.45) is 7.00. The van der Waals surface area contributed by atoms with E-state index in [1.54, 1.807) is 18.2 Å². The van der Waals surface area contributed by atoms with Crippen LogP contribution in [-0.4, -0.2) is 16.5 Å². The number of aromatic hydroxyl groups is 1. The first-order valence-electron chi connectivity index (χ1n) is 6.58. The number of allylic oxidation sites excluding steroid dienone is 4. The highest BCUT2D eigenvalue weighted by Crippen LogP contribution is 2.20. The molecule has 21 heavy (non-hydrogen) atoms. The minimum Gasteiger partial charge on any atom is -0.508 e. The molecule has 1 aromatic rings. The van der Waals surface area contributed by atoms with E-state index in [4.69, 9.17) is 10.2 Å². The Bertz CT molecular complexity index is 477. The van der Waals surface area contributed by atoms with E-state index >= 15 is 0 Å². The average Bonchev–Trinajstić information content (AvgIpc) is 2.49. The number of benzene rings is 1. The van der Waals surface area contributed by atoms with Crippen LogP contribution in [0.3, 0.4) is 0 Å². The normalized spacial score (nSPS) is 10.0. The first-order chi connectivity index (χ1) is 10.0. The van der Waals surface area contributed by atoms with Gasteiger partial charge in [-0.15, -0.1) is 0 Å². The molecule has 0 aliphatic rings. The number of hydrogen-bond acceptors (Lipinski definition) is 3. The van der Waals surface area contributed by atoms with Crippen LogP contribution in [-0.2, 0) is 4.79 Å². The van der Waals surface area contributed by atoms with Crippen molar-refractivity contribution in [2.24, 2.45) is 0 Å². The maximum Gasteiger partial charge on any atom is 0.123 e. The third-order valence-corrected chi connectivity index (χ3v) is 2.49. The Morgan fingerprint density at radius 1 is 1.38 bits per heavy atom. The lowest BCUT2D eigenvalue weighted by Gasteiger charge is -1.95. The topological polar surface area (TPSA) is 57.5 Å². The summed E-state index contributed by atoms with van der Waals surface area (Å²) in [6.45, 7) is 9.28. The molecule has 0 unspecified atom stereocenters. The van der Waals surface area contributed by atoms with E-state index < -0.39 is 0 Å². The molecule has 0 saturated heterocycles. The van der Waals surface area contributed by atoms with Gasteiger partial charge in [-0.1, -0.05) is 54.6 Å². The van der Waals surface area contributed by atoms with E-state index in [2.05, 4.69) is 22.5 Å². The second-order valence-electron chi connectivity index (χ2n) is 3.56. The molecule has 0 fully saturated rings. The fraction of sp³-hybridized carbons (Fsp3) is 0.235. The summed E-state index contributed by atoms with van der Waals surface area (Å²) in [5.41, 5.74) is 0.901. The standard InChI is InChI=1S/C8H10O2.C7H7BrO.C2H6/c1-2-3-5-8(10)6-4-7-9;1-5-2-3-6(8)4-7(5)9;1-2/h2-3,5-7,10H,1,4H2;2-4,9H,1H3;1-2H3/b5-3-,8-6+;;. The maximum atomic E-state index is 9.78. The van der Waals surface area contributed by atoms with Crippen LogP contribution in [0, 0.1) is 6.92 Å². The molecule has 2 N–H and O–H groups in total. The molecule has 0 saturated carbocycles. The number of phenolic OH excluding ortho intramolecular Hbond substituents is 1. The fourth-order valence-electron chi connectivity index (χ4n) is 0.986. The highest BCUT2D eigenvalue weighted by Gasteiger charge is 1.93. The number of halogens is 1. The van der Waals surface area contributed by atoms with Crippen molar-refractivity contribution >= 4 is 22.2 Å². The number of carbonyl (C=O) groups excluding carboxylic acids is 1. The summed E-state index contributed by atoms with van der Waals surface area (Å²) in [6, 6.07) is 5.43. The lowest BCUT2D eigenvalue weighted by molar-refractivity contribution is -0.107. The SMILES string of the molecule is C=C/C=C\C(O)=C/CC=O.CC.Cc1ccc(Br)cc1O. The van der Waals surface area contributed by atoms with Crippen LogP contribution in [0.15, 0.2) is 59.3 Å². The Morgan fingerprint density at radius 2 is 2.00 bits per heavy atom. The van der Waals surface area contributed by atoms with Crippen molar-refractivity contribution in [1.29, 1.82) is 0 Å². The Morgan fingerprint density at radius 3 is 2.43 bits per heavy atom. The summed E-state index contributed by atoms with van der Waals surface area (Å²) in [5.74, 6) is 0.427. The number of aliphatic hydroxyl groups excluding tert-OH is 1. The Hall–Kier alpha value is -1.81. The van der Waals surface area contributed by atoms with E-state index in [9.17, 15) is 4.79 Å². The molecule has 116 valence electrons. The van der Waals surface area contributed by atoms with Gasteiger partial charge in [0.15, 0.2) is 0 Å². The maximum absolute atomic E-state index is 9.78. The van der Waals surface area contributed by atoms with Gasteiger partial charge in [-0.25, -0.2) is 0 Å². The van der Waals surface area contributed by atoms with Crippen molar-refractivity contribution in [2.75, 3.05) is 0 Å². The summed E-state index contributed by atoms with van der Waals surface area (Å²) in [4.78, 5) is 9.78. The molecule has 0 heterocycles. The minimum absolute atomic E-state index is 0.0898. The van der Waals surface area contributed by atoms with Crippen LogP contribution in [0.1, 0.15) is 25.8 Å². The Balaban J connectivity index is 0. The monoisotopic (exact) mass is 354 g/mol. The van der Waals surface area contributed by atoms with Crippen LogP contribution >= 0.6 is 15.9 Å². The van der Waals surface area contributed by atoms with Crippen LogP contribution in [0.4, 0.5) is 0 Å². The smallest absolute Gasteiger partial charge is 0.123 e. The van der Waals surface area contributed by atoms with Gasteiger partial charge in [0, 0.05) is 10.9 Å². The Kier molecular flexibility index (Phi) is 14.9. The first-order valence-corrected chi connectivity index (χ1v) is 7.37. The molecular formula is C17H23BrO3. The molecule has 1 aromatic carbocycles. The molecule has 0 amide bonds. The molecule has 0 spiro atoms. The van der Waals surface area contributed by atoms with Crippen LogP contribution in [0.2, 0.25) is 0 Å². The largest absolute Gasteiger partial charge is 0.508 e.